The molecule has 0 spiro atoms. The Bertz CT molecular complexity index is 870. The van der Waals surface area contributed by atoms with Gasteiger partial charge >= 0.3 is 0 Å². The third kappa shape index (κ3) is 4.67. The summed E-state index contributed by atoms with van der Waals surface area (Å²) < 4.78 is 5.48. The summed E-state index contributed by atoms with van der Waals surface area (Å²) in [6.45, 7) is 2.20. The van der Waals surface area contributed by atoms with Gasteiger partial charge in [0, 0.05) is 17.3 Å². The first kappa shape index (κ1) is 18.1. The van der Waals surface area contributed by atoms with Gasteiger partial charge in [-0.1, -0.05) is 31.9 Å². The average molecular weight is 367 g/mol. The smallest absolute Gasteiger partial charge is 0.293 e. The zero-order valence-electron chi connectivity index (χ0n) is 14.6. The van der Waals surface area contributed by atoms with Crippen LogP contribution < -0.4 is 10.6 Å². The molecule has 0 aliphatic carbocycles. The third-order valence-corrected chi connectivity index (χ3v) is 4.26. The molecule has 26 heavy (non-hydrogen) atoms. The Hall–Kier alpha value is -2.73. The Morgan fingerprint density at radius 1 is 1.19 bits per heavy atom. The van der Waals surface area contributed by atoms with Crippen LogP contribution in [0.4, 0.5) is 5.69 Å². The first-order valence-electron chi connectivity index (χ1n) is 8.70. The minimum atomic E-state index is -0.394. The molecule has 2 N–H and O–H groups in total. The molecule has 0 atom stereocenters. The zero-order valence-corrected chi connectivity index (χ0v) is 15.4. The Balaban J connectivity index is 1.55. The fraction of sp³-hybridized carbons (Fsp3) is 0.250. The molecule has 0 fully saturated rings. The Morgan fingerprint density at radius 3 is 2.73 bits per heavy atom. The topological polar surface area (TPSA) is 67.2 Å². The molecule has 0 bridgehead atoms. The molecule has 2 aromatic heterocycles. The van der Waals surface area contributed by atoms with E-state index in [-0.39, 0.29) is 10.9 Å². The van der Waals surface area contributed by atoms with Crippen molar-refractivity contribution in [3.63, 3.8) is 0 Å². The van der Waals surface area contributed by atoms with E-state index >= 15 is 0 Å². The number of nitrogens with one attached hydrogen (secondary N) is 2. The van der Waals surface area contributed by atoms with Gasteiger partial charge in [-0.3, -0.25) is 15.1 Å². The number of carbonyl (C=O) groups excluding carboxylic acids is 1. The number of amides is 1. The number of hydrogen-bond donors (Lipinski definition) is 2. The van der Waals surface area contributed by atoms with E-state index in [0.29, 0.717) is 5.58 Å². The number of aromatic nitrogens is 1. The van der Waals surface area contributed by atoms with Crippen molar-refractivity contribution < 1.29 is 9.21 Å². The Morgan fingerprint density at radius 2 is 2.00 bits per heavy atom. The van der Waals surface area contributed by atoms with E-state index in [1.807, 2.05) is 12.1 Å². The van der Waals surface area contributed by atoms with E-state index in [4.69, 9.17) is 16.6 Å². The highest BCUT2D eigenvalue weighted by atomic mass is 32.1. The summed E-state index contributed by atoms with van der Waals surface area (Å²) >= 11 is 5.21. The predicted molar refractivity (Wildman–Crippen MR) is 107 cm³/mol. The molecule has 2 heterocycles. The van der Waals surface area contributed by atoms with Crippen LogP contribution in [0.25, 0.3) is 11.0 Å². The predicted octanol–water partition coefficient (Wildman–Crippen LogP) is 4.69. The van der Waals surface area contributed by atoms with Crippen molar-refractivity contribution in [3.05, 3.63) is 60.1 Å². The molecule has 0 aliphatic rings. The van der Waals surface area contributed by atoms with E-state index in [0.717, 1.165) is 17.5 Å². The molecule has 0 saturated carbocycles. The first-order valence-corrected chi connectivity index (χ1v) is 9.11. The summed E-state index contributed by atoms with van der Waals surface area (Å²) in [5.74, 6) is -0.196. The van der Waals surface area contributed by atoms with Gasteiger partial charge in [0.2, 0.25) is 0 Å². The van der Waals surface area contributed by atoms with Crippen LogP contribution in [-0.2, 0) is 6.42 Å². The van der Waals surface area contributed by atoms with E-state index in [1.54, 1.807) is 24.5 Å². The van der Waals surface area contributed by atoms with Gasteiger partial charge < -0.3 is 9.73 Å². The van der Waals surface area contributed by atoms with Gasteiger partial charge in [-0.25, -0.2) is 0 Å². The van der Waals surface area contributed by atoms with Gasteiger partial charge in [0.1, 0.15) is 0 Å². The van der Waals surface area contributed by atoms with Gasteiger partial charge in [0.15, 0.2) is 16.5 Å². The van der Waals surface area contributed by atoms with E-state index in [9.17, 15) is 4.79 Å². The van der Waals surface area contributed by atoms with Gasteiger partial charge in [-0.05, 0) is 54.9 Å². The SMILES string of the molecule is CCCCCc1ccc(NC(=S)NC(=O)c2cc3ccncc3o2)cc1. The maximum atomic E-state index is 12.3. The molecule has 3 aromatic rings. The Kier molecular flexibility index (Phi) is 5.96. The number of nitrogens with zero attached hydrogens (tertiary/aromatic N) is 1. The number of rotatable bonds is 6. The van der Waals surface area contributed by atoms with Crippen LogP contribution in [0.5, 0.6) is 0 Å². The Labute approximate surface area is 157 Å². The number of unbranched alkanes of at least 4 members (excludes halogenated alkanes) is 2. The van der Waals surface area contributed by atoms with Gasteiger partial charge in [0.05, 0.1) is 6.20 Å². The van der Waals surface area contributed by atoms with Gasteiger partial charge in [-0.15, -0.1) is 0 Å². The lowest BCUT2D eigenvalue weighted by molar-refractivity contribution is 0.0953. The monoisotopic (exact) mass is 367 g/mol. The molecule has 6 heteroatoms. The first-order chi connectivity index (χ1) is 12.7. The van der Waals surface area contributed by atoms with Gasteiger partial charge in [-0.2, -0.15) is 0 Å². The summed E-state index contributed by atoms with van der Waals surface area (Å²) in [5, 5.41) is 6.70. The minimum Gasteiger partial charge on any atom is -0.449 e. The molecule has 3 rings (SSSR count). The van der Waals surface area contributed by atoms with Crippen LogP contribution in [0, 0.1) is 0 Å². The summed E-state index contributed by atoms with van der Waals surface area (Å²) in [6.07, 6.45) is 7.96. The maximum Gasteiger partial charge on any atom is 0.293 e. The molecule has 1 amide bonds. The lowest BCUT2D eigenvalue weighted by atomic mass is 10.1. The molecular weight excluding hydrogens is 346 g/mol. The standard InChI is InChI=1S/C20H21N3O2S/c1-2-3-4-5-14-6-8-16(9-7-14)22-20(26)23-19(24)17-12-15-10-11-21-13-18(15)25-17/h6-13H,2-5H2,1H3,(H2,22,23,24,26). The molecule has 0 saturated heterocycles. The van der Waals surface area contributed by atoms with Crippen LogP contribution in [0.15, 0.2) is 53.2 Å². The lowest BCUT2D eigenvalue weighted by Gasteiger charge is -2.09. The van der Waals surface area contributed by atoms with Gasteiger partial charge in [0.25, 0.3) is 5.91 Å². The van der Waals surface area contributed by atoms with Crippen molar-refractivity contribution >= 4 is 39.9 Å². The van der Waals surface area contributed by atoms with Crippen molar-refractivity contribution in [1.82, 2.24) is 10.3 Å². The molecule has 1 aromatic carbocycles. The summed E-state index contributed by atoms with van der Waals surface area (Å²) in [4.78, 5) is 16.2. The van der Waals surface area contributed by atoms with Crippen molar-refractivity contribution in [2.24, 2.45) is 0 Å². The average Bonchev–Trinajstić information content (AvgIpc) is 3.08. The number of fused-ring (bicyclic) bond motifs is 1. The fourth-order valence-corrected chi connectivity index (χ4v) is 2.87. The molecule has 0 radical (unpaired) electrons. The van der Waals surface area contributed by atoms with Crippen LogP contribution in [0.2, 0.25) is 0 Å². The molecule has 134 valence electrons. The summed E-state index contributed by atoms with van der Waals surface area (Å²) in [5.41, 5.74) is 2.70. The number of hydrogen-bond acceptors (Lipinski definition) is 4. The number of pyridine rings is 1. The van der Waals surface area contributed by atoms with Crippen molar-refractivity contribution in [3.8, 4) is 0 Å². The number of furan rings is 1. The van der Waals surface area contributed by atoms with Crippen LogP contribution in [-0.4, -0.2) is 16.0 Å². The second-order valence-electron chi connectivity index (χ2n) is 6.09. The van der Waals surface area contributed by atoms with Crippen molar-refractivity contribution in [2.45, 2.75) is 32.6 Å². The molecule has 0 unspecified atom stereocenters. The van der Waals surface area contributed by atoms with E-state index in [2.05, 4.69) is 34.7 Å². The second-order valence-corrected chi connectivity index (χ2v) is 6.49. The number of aryl methyl sites for hydroxylation is 1. The second kappa shape index (κ2) is 8.58. The van der Waals surface area contributed by atoms with Crippen LogP contribution in [0.3, 0.4) is 0 Å². The number of thiocarbonyl (C=S) groups is 1. The number of carbonyl (C=O) groups is 1. The van der Waals surface area contributed by atoms with Crippen LogP contribution >= 0.6 is 12.2 Å². The third-order valence-electron chi connectivity index (χ3n) is 4.05. The van der Waals surface area contributed by atoms with Crippen LogP contribution in [0.1, 0.15) is 42.3 Å². The summed E-state index contributed by atoms with van der Waals surface area (Å²) in [6, 6.07) is 11.5. The van der Waals surface area contributed by atoms with Crippen molar-refractivity contribution in [1.29, 1.82) is 0 Å². The highest BCUT2D eigenvalue weighted by Gasteiger charge is 2.13. The number of anilines is 1. The molecule has 0 aliphatic heterocycles. The maximum absolute atomic E-state index is 12.3. The normalized spacial score (nSPS) is 10.7. The fourth-order valence-electron chi connectivity index (χ4n) is 2.66. The summed E-state index contributed by atoms with van der Waals surface area (Å²) in [7, 11) is 0. The van der Waals surface area contributed by atoms with Crippen molar-refractivity contribution in [2.75, 3.05) is 5.32 Å². The highest BCUT2D eigenvalue weighted by Crippen LogP contribution is 2.17. The zero-order chi connectivity index (χ0) is 18.4. The highest BCUT2D eigenvalue weighted by molar-refractivity contribution is 7.80. The quantitative estimate of drug-likeness (QED) is 0.489. The molecular formula is C20H21N3O2S. The largest absolute Gasteiger partial charge is 0.449 e. The molecule has 5 nitrogen and oxygen atoms in total. The van der Waals surface area contributed by atoms with E-state index in [1.165, 1.54) is 24.8 Å². The van der Waals surface area contributed by atoms with E-state index < -0.39 is 5.91 Å². The minimum absolute atomic E-state index is 0.198. The lowest BCUT2D eigenvalue weighted by Crippen LogP contribution is -2.33. The number of benzene rings is 1.